The summed E-state index contributed by atoms with van der Waals surface area (Å²) >= 11 is 0. The maximum atomic E-state index is 12.3. The molecule has 1 aromatic heterocycles. The molecule has 5 heteroatoms. The molecule has 1 saturated carbocycles. The number of rotatable bonds is 4. The van der Waals surface area contributed by atoms with Crippen LogP contribution in [0.2, 0.25) is 0 Å². The Bertz CT molecular complexity index is 627. The van der Waals surface area contributed by atoms with E-state index < -0.39 is 0 Å². The first-order chi connectivity index (χ1) is 9.13. The first kappa shape index (κ1) is 12.2. The second-order valence-corrected chi connectivity index (χ2v) is 5.32. The number of nitrogens with zero attached hydrogens (tertiary/aromatic N) is 1. The minimum Gasteiger partial charge on any atom is -0.342 e. The van der Waals surface area contributed by atoms with Gasteiger partial charge in [-0.2, -0.15) is 0 Å². The molecule has 0 bridgehead atoms. The number of fused-ring (bicyclic) bond motifs is 1. The van der Waals surface area contributed by atoms with Crippen LogP contribution in [-0.2, 0) is 4.79 Å². The summed E-state index contributed by atoms with van der Waals surface area (Å²) in [5, 5.41) is 6.10. The van der Waals surface area contributed by atoms with Crippen LogP contribution in [0.4, 0.5) is 5.69 Å². The van der Waals surface area contributed by atoms with Crippen LogP contribution in [0.3, 0.4) is 0 Å². The van der Waals surface area contributed by atoms with Crippen molar-refractivity contribution in [3.05, 3.63) is 24.0 Å². The highest BCUT2D eigenvalue weighted by Crippen LogP contribution is 2.45. The molecule has 100 valence electrons. The van der Waals surface area contributed by atoms with Crippen LogP contribution in [0.5, 0.6) is 0 Å². The molecular formula is C14H18N4O. The minimum absolute atomic E-state index is 0.109. The normalized spacial score (nSPS) is 16.5. The summed E-state index contributed by atoms with van der Waals surface area (Å²) < 4.78 is 0. The Hall–Kier alpha value is -1.88. The van der Waals surface area contributed by atoms with E-state index in [4.69, 9.17) is 0 Å². The van der Waals surface area contributed by atoms with Crippen LogP contribution >= 0.6 is 0 Å². The lowest BCUT2D eigenvalue weighted by atomic mass is 10.1. The topological polar surface area (TPSA) is 69.8 Å². The molecule has 0 saturated heterocycles. The highest BCUT2D eigenvalue weighted by atomic mass is 16.2. The largest absolute Gasteiger partial charge is 0.342 e. The van der Waals surface area contributed by atoms with Crippen LogP contribution in [-0.4, -0.2) is 29.5 Å². The standard InChI is InChI=1S/C14H18N4O/c1-9-16-11-4-3-10(7-12(11)17-9)18-13(19)14(5-6-14)8-15-2/h3-4,7,15H,5-6,8H2,1-2H3,(H,16,17)(H,18,19). The third kappa shape index (κ3) is 2.21. The zero-order chi connectivity index (χ0) is 13.5. The van der Waals surface area contributed by atoms with Crippen LogP contribution in [0.25, 0.3) is 11.0 Å². The fourth-order valence-corrected chi connectivity index (χ4v) is 2.45. The van der Waals surface area contributed by atoms with Crippen molar-refractivity contribution in [2.75, 3.05) is 18.9 Å². The number of aryl methyl sites for hydroxylation is 1. The Kier molecular flexibility index (Phi) is 2.78. The number of H-pyrrole nitrogens is 1. The number of imidazole rings is 1. The van der Waals surface area contributed by atoms with Crippen molar-refractivity contribution < 1.29 is 4.79 Å². The van der Waals surface area contributed by atoms with Crippen LogP contribution in [0.1, 0.15) is 18.7 Å². The van der Waals surface area contributed by atoms with Crippen molar-refractivity contribution >= 4 is 22.6 Å². The monoisotopic (exact) mass is 258 g/mol. The fraction of sp³-hybridized carbons (Fsp3) is 0.429. The van der Waals surface area contributed by atoms with Gasteiger partial charge in [-0.25, -0.2) is 4.98 Å². The third-order valence-corrected chi connectivity index (χ3v) is 3.71. The van der Waals surface area contributed by atoms with E-state index in [9.17, 15) is 4.79 Å². The molecule has 0 spiro atoms. The van der Waals surface area contributed by atoms with Crippen molar-refractivity contribution in [1.29, 1.82) is 0 Å². The highest BCUT2D eigenvalue weighted by Gasteiger charge is 2.49. The molecule has 1 aromatic carbocycles. The highest BCUT2D eigenvalue weighted by molar-refractivity contribution is 5.98. The number of carbonyl (C=O) groups is 1. The molecule has 1 heterocycles. The Morgan fingerprint density at radius 1 is 1.47 bits per heavy atom. The summed E-state index contributed by atoms with van der Waals surface area (Å²) in [6.45, 7) is 2.66. The van der Waals surface area contributed by atoms with Gasteiger partial charge in [0.2, 0.25) is 5.91 Å². The van der Waals surface area contributed by atoms with Crippen LogP contribution in [0.15, 0.2) is 18.2 Å². The van der Waals surface area contributed by atoms with Crippen molar-refractivity contribution in [1.82, 2.24) is 15.3 Å². The lowest BCUT2D eigenvalue weighted by Gasteiger charge is -2.14. The molecule has 1 amide bonds. The van der Waals surface area contributed by atoms with Gasteiger partial charge in [-0.15, -0.1) is 0 Å². The van der Waals surface area contributed by atoms with Gasteiger partial charge in [-0.05, 0) is 45.0 Å². The van der Waals surface area contributed by atoms with E-state index in [2.05, 4.69) is 20.6 Å². The predicted molar refractivity (Wildman–Crippen MR) is 75.1 cm³/mol. The molecule has 19 heavy (non-hydrogen) atoms. The quantitative estimate of drug-likeness (QED) is 0.783. The predicted octanol–water partition coefficient (Wildman–Crippen LogP) is 1.81. The maximum Gasteiger partial charge on any atom is 0.231 e. The van der Waals surface area contributed by atoms with E-state index in [1.54, 1.807) is 0 Å². The summed E-state index contributed by atoms with van der Waals surface area (Å²) in [7, 11) is 1.88. The van der Waals surface area contributed by atoms with Gasteiger partial charge in [0.05, 0.1) is 16.4 Å². The van der Waals surface area contributed by atoms with Gasteiger partial charge in [-0.1, -0.05) is 0 Å². The molecule has 1 aliphatic carbocycles. The molecule has 5 nitrogen and oxygen atoms in total. The number of hydrogen-bond acceptors (Lipinski definition) is 3. The van der Waals surface area contributed by atoms with Crippen LogP contribution < -0.4 is 10.6 Å². The summed E-state index contributed by atoms with van der Waals surface area (Å²) in [6.07, 6.45) is 1.93. The molecule has 0 radical (unpaired) electrons. The average Bonchev–Trinajstić information content (AvgIpc) is 3.05. The van der Waals surface area contributed by atoms with E-state index in [1.165, 1.54) is 0 Å². The van der Waals surface area contributed by atoms with Gasteiger partial charge >= 0.3 is 0 Å². The zero-order valence-electron chi connectivity index (χ0n) is 11.2. The fourth-order valence-electron chi connectivity index (χ4n) is 2.45. The summed E-state index contributed by atoms with van der Waals surface area (Å²) in [5.74, 6) is 0.991. The number of nitrogens with one attached hydrogen (secondary N) is 3. The Morgan fingerprint density at radius 2 is 2.26 bits per heavy atom. The summed E-state index contributed by atoms with van der Waals surface area (Å²) in [5.41, 5.74) is 2.50. The van der Waals surface area contributed by atoms with Crippen LogP contribution in [0, 0.1) is 12.3 Å². The molecule has 0 atom stereocenters. The number of anilines is 1. The molecule has 3 rings (SSSR count). The van der Waals surface area contributed by atoms with Crippen molar-refractivity contribution in [3.63, 3.8) is 0 Å². The SMILES string of the molecule is CNCC1(C(=O)Nc2ccc3nc(C)[nH]c3c2)CC1. The number of hydrogen-bond donors (Lipinski definition) is 3. The Morgan fingerprint density at radius 3 is 2.95 bits per heavy atom. The van der Waals surface area contributed by atoms with Gasteiger partial charge < -0.3 is 15.6 Å². The van der Waals surface area contributed by atoms with Gasteiger partial charge in [0, 0.05) is 12.2 Å². The number of aromatic amines is 1. The first-order valence-corrected chi connectivity index (χ1v) is 6.55. The number of carbonyl (C=O) groups excluding carboxylic acids is 1. The minimum atomic E-state index is -0.201. The van der Waals surface area contributed by atoms with E-state index in [0.29, 0.717) is 0 Å². The molecule has 1 aliphatic rings. The van der Waals surface area contributed by atoms with Gasteiger partial charge in [0.25, 0.3) is 0 Å². The molecule has 3 N–H and O–H groups in total. The smallest absolute Gasteiger partial charge is 0.231 e. The number of aromatic nitrogens is 2. The van der Waals surface area contributed by atoms with Crippen molar-refractivity contribution in [3.8, 4) is 0 Å². The third-order valence-electron chi connectivity index (χ3n) is 3.71. The Balaban J connectivity index is 1.79. The maximum absolute atomic E-state index is 12.3. The van der Waals surface area contributed by atoms with Crippen molar-refractivity contribution in [2.24, 2.45) is 5.41 Å². The second-order valence-electron chi connectivity index (χ2n) is 5.32. The first-order valence-electron chi connectivity index (χ1n) is 6.55. The lowest BCUT2D eigenvalue weighted by molar-refractivity contribution is -0.120. The van der Waals surface area contributed by atoms with Crippen molar-refractivity contribution in [2.45, 2.75) is 19.8 Å². The van der Waals surface area contributed by atoms with Gasteiger partial charge in [0.15, 0.2) is 0 Å². The molecule has 0 aliphatic heterocycles. The second kappa shape index (κ2) is 4.35. The molecule has 0 unspecified atom stereocenters. The summed E-state index contributed by atoms with van der Waals surface area (Å²) in [4.78, 5) is 19.8. The van der Waals surface area contributed by atoms with E-state index >= 15 is 0 Å². The molecule has 2 aromatic rings. The average molecular weight is 258 g/mol. The van der Waals surface area contributed by atoms with Gasteiger partial charge in [0.1, 0.15) is 5.82 Å². The van der Waals surface area contributed by atoms with E-state index in [0.717, 1.165) is 41.9 Å². The lowest BCUT2D eigenvalue weighted by Crippen LogP contribution is -2.32. The zero-order valence-corrected chi connectivity index (χ0v) is 11.2. The van der Waals surface area contributed by atoms with Gasteiger partial charge in [-0.3, -0.25) is 4.79 Å². The number of benzene rings is 1. The summed E-state index contributed by atoms with van der Waals surface area (Å²) in [6, 6.07) is 5.75. The Labute approximate surface area is 111 Å². The van der Waals surface area contributed by atoms with E-state index in [1.807, 2.05) is 32.2 Å². The molecular weight excluding hydrogens is 240 g/mol. The number of amides is 1. The molecule has 1 fully saturated rings. The van der Waals surface area contributed by atoms with E-state index in [-0.39, 0.29) is 11.3 Å².